The Labute approximate surface area is 292 Å². The number of benzene rings is 1. The van der Waals surface area contributed by atoms with E-state index in [0.29, 0.717) is 98.2 Å². The van der Waals surface area contributed by atoms with Crippen LogP contribution in [0.4, 0.5) is 0 Å². The van der Waals surface area contributed by atoms with Crippen LogP contribution in [-0.4, -0.2) is 117 Å². The van der Waals surface area contributed by atoms with E-state index < -0.39 is 5.97 Å². The first-order valence-corrected chi connectivity index (χ1v) is 16.3. The summed E-state index contributed by atoms with van der Waals surface area (Å²) in [4.78, 5) is 11.6. The first-order valence-electron chi connectivity index (χ1n) is 16.3. The molecule has 0 spiro atoms. The van der Waals surface area contributed by atoms with Crippen molar-refractivity contribution in [2.75, 3.05) is 106 Å². The summed E-state index contributed by atoms with van der Waals surface area (Å²) in [5.74, 6) is -0.925. The molecule has 0 atom stereocenters. The number of aromatic carboxylic acids is 1. The molecule has 0 aliphatic carbocycles. The summed E-state index contributed by atoms with van der Waals surface area (Å²) in [5, 5.41) is 20.2. The van der Waals surface area contributed by atoms with Gasteiger partial charge >= 0.3 is 29.6 Å². The average molecular weight is 653 g/mol. The van der Waals surface area contributed by atoms with Gasteiger partial charge in [-0.1, -0.05) is 57.9 Å². The Morgan fingerprint density at radius 3 is 1.42 bits per heavy atom. The molecule has 0 saturated heterocycles. The summed E-state index contributed by atoms with van der Waals surface area (Å²) in [7, 11) is 0. The largest absolute Gasteiger partial charge is 1.00 e. The van der Waals surface area contributed by atoms with Crippen LogP contribution in [0.25, 0.3) is 0 Å². The molecule has 0 heterocycles. The third-order valence-corrected chi connectivity index (χ3v) is 6.54. The van der Waals surface area contributed by atoms with Crippen molar-refractivity contribution >= 4 is 5.97 Å². The molecule has 0 saturated carbocycles. The van der Waals surface area contributed by atoms with Gasteiger partial charge in [0, 0.05) is 5.56 Å². The van der Waals surface area contributed by atoms with Crippen molar-refractivity contribution in [3.63, 3.8) is 0 Å². The molecule has 11 nitrogen and oxygen atoms in total. The van der Waals surface area contributed by atoms with Gasteiger partial charge in [0.2, 0.25) is 0 Å². The van der Waals surface area contributed by atoms with Gasteiger partial charge in [-0.15, -0.1) is 0 Å². The maximum atomic E-state index is 11.6. The third-order valence-electron chi connectivity index (χ3n) is 6.54. The standard InChI is InChI=1S/C33H58O11.Na/c1-2-3-4-5-6-7-8-9-10-30-11-12-32(31(29-30)33(35)36)44-28-27-43-26-25-42-24-23-41-22-21-40-20-19-39-18-17-38-16-15-37-14-13-34;/h11-12,29,34H,2-10,13-28H2,1H3,(H,35,36);/q;+1/p-1. The molecule has 1 rings (SSSR count). The first-order chi connectivity index (χ1) is 21.7. The average Bonchev–Trinajstić information content (AvgIpc) is 3.03. The number of carboxylic acid groups (broad SMARTS) is 1. The molecule has 256 valence electrons. The summed E-state index contributed by atoms with van der Waals surface area (Å²) in [6, 6.07) is 5.31. The van der Waals surface area contributed by atoms with Crippen molar-refractivity contribution in [2.45, 2.75) is 64.7 Å². The van der Waals surface area contributed by atoms with Gasteiger partial charge in [0.05, 0.1) is 105 Å². The van der Waals surface area contributed by atoms with Crippen LogP contribution < -0.4 is 39.4 Å². The third kappa shape index (κ3) is 27.9. The van der Waals surface area contributed by atoms with Crippen LogP contribution in [0, 0.1) is 0 Å². The number of unbranched alkanes of at least 4 members (excludes halogenated alkanes) is 7. The van der Waals surface area contributed by atoms with E-state index in [0.717, 1.165) is 24.8 Å². The fourth-order valence-corrected chi connectivity index (χ4v) is 4.18. The molecule has 45 heavy (non-hydrogen) atoms. The predicted octanol–water partition coefficient (Wildman–Crippen LogP) is 0.225. The molecular weight excluding hydrogens is 595 g/mol. The van der Waals surface area contributed by atoms with Crippen LogP contribution in [0.2, 0.25) is 0 Å². The van der Waals surface area contributed by atoms with Crippen molar-refractivity contribution < 1.29 is 82.5 Å². The fraction of sp³-hybridized carbons (Fsp3) is 0.788. The van der Waals surface area contributed by atoms with Crippen LogP contribution in [0.3, 0.4) is 0 Å². The maximum Gasteiger partial charge on any atom is 1.00 e. The van der Waals surface area contributed by atoms with Gasteiger partial charge in [0.15, 0.2) is 0 Å². The fourth-order valence-electron chi connectivity index (χ4n) is 4.18. The van der Waals surface area contributed by atoms with E-state index >= 15 is 0 Å². The normalized spacial score (nSPS) is 11.1. The van der Waals surface area contributed by atoms with E-state index in [9.17, 15) is 9.90 Å². The van der Waals surface area contributed by atoms with Gasteiger partial charge < -0.3 is 52.9 Å². The minimum absolute atomic E-state index is 0. The number of hydrogen-bond acceptors (Lipinski definition) is 11. The minimum Gasteiger partial charge on any atom is -0.545 e. The molecule has 1 aromatic carbocycles. The van der Waals surface area contributed by atoms with Gasteiger partial charge in [-0.3, -0.25) is 0 Å². The van der Waals surface area contributed by atoms with E-state index in [2.05, 4.69) is 6.92 Å². The number of hydrogen-bond donors (Lipinski definition) is 1. The summed E-state index contributed by atoms with van der Waals surface area (Å²) in [6.45, 7) is 8.72. The number of carbonyl (C=O) groups is 1. The van der Waals surface area contributed by atoms with E-state index in [1.807, 2.05) is 6.07 Å². The summed E-state index contributed by atoms with van der Waals surface area (Å²) in [5.41, 5.74) is 1.08. The second kappa shape index (κ2) is 34.5. The van der Waals surface area contributed by atoms with Gasteiger partial charge in [0.25, 0.3) is 0 Å². The second-order valence-electron chi connectivity index (χ2n) is 10.2. The Kier molecular flexibility index (Phi) is 33.9. The Hall–Kier alpha value is -0.830. The van der Waals surface area contributed by atoms with Crippen LogP contribution in [0.1, 0.15) is 74.2 Å². The quantitative estimate of drug-likeness (QED) is 0.0810. The predicted molar refractivity (Wildman–Crippen MR) is 165 cm³/mol. The van der Waals surface area contributed by atoms with Crippen molar-refractivity contribution in [1.82, 2.24) is 0 Å². The Morgan fingerprint density at radius 2 is 1.00 bits per heavy atom. The van der Waals surface area contributed by atoms with Crippen molar-refractivity contribution in [2.24, 2.45) is 0 Å². The topological polar surface area (TPSA) is 134 Å². The molecule has 1 aromatic rings. The summed E-state index contributed by atoms with van der Waals surface area (Å²) < 4.78 is 43.3. The number of aliphatic hydroxyl groups excluding tert-OH is 1. The number of rotatable bonds is 34. The SMILES string of the molecule is CCCCCCCCCCc1ccc(OCCOCCOCCOCCOCCOCCOCCOCCO)c(C(=O)[O-])c1.[Na+]. The maximum absolute atomic E-state index is 11.6. The summed E-state index contributed by atoms with van der Waals surface area (Å²) >= 11 is 0. The second-order valence-corrected chi connectivity index (χ2v) is 10.2. The number of carboxylic acids is 1. The van der Waals surface area contributed by atoms with Crippen LogP contribution in [0.15, 0.2) is 18.2 Å². The van der Waals surface area contributed by atoms with Gasteiger partial charge in [-0.25, -0.2) is 0 Å². The number of ether oxygens (including phenoxy) is 8. The molecule has 1 N–H and O–H groups in total. The molecule has 0 fully saturated rings. The Bertz CT molecular complexity index is 785. The Balaban J connectivity index is 0.0000194. The minimum atomic E-state index is -1.23. The molecule has 0 aromatic heterocycles. The summed E-state index contributed by atoms with van der Waals surface area (Å²) in [6.07, 6.45) is 10.8. The molecule has 0 unspecified atom stereocenters. The van der Waals surface area contributed by atoms with Crippen LogP contribution in [-0.2, 0) is 39.6 Å². The molecule has 0 aliphatic heterocycles. The van der Waals surface area contributed by atoms with Crippen LogP contribution >= 0.6 is 0 Å². The monoisotopic (exact) mass is 652 g/mol. The molecule has 0 aliphatic rings. The van der Waals surface area contributed by atoms with Crippen molar-refractivity contribution in [1.29, 1.82) is 0 Å². The van der Waals surface area contributed by atoms with Crippen molar-refractivity contribution in [3.8, 4) is 5.75 Å². The number of carbonyl (C=O) groups excluding carboxylic acids is 1. The smallest absolute Gasteiger partial charge is 0.545 e. The van der Waals surface area contributed by atoms with E-state index in [4.69, 9.17) is 43.0 Å². The Morgan fingerprint density at radius 1 is 0.600 bits per heavy atom. The van der Waals surface area contributed by atoms with Crippen molar-refractivity contribution in [3.05, 3.63) is 29.3 Å². The zero-order valence-electron chi connectivity index (χ0n) is 27.9. The molecule has 12 heteroatoms. The first kappa shape index (κ1) is 44.2. The molecular formula is C33H57NaO11. The van der Waals surface area contributed by atoms with Gasteiger partial charge in [-0.05, 0) is 30.5 Å². The number of aryl methyl sites for hydroxylation is 1. The zero-order chi connectivity index (χ0) is 31.8. The van der Waals surface area contributed by atoms with Gasteiger partial charge in [-0.2, -0.15) is 0 Å². The molecule has 0 radical (unpaired) electrons. The number of aliphatic hydroxyl groups is 1. The van der Waals surface area contributed by atoms with Crippen LogP contribution in [0.5, 0.6) is 5.75 Å². The molecule has 0 amide bonds. The van der Waals surface area contributed by atoms with E-state index in [1.54, 1.807) is 12.1 Å². The van der Waals surface area contributed by atoms with E-state index in [-0.39, 0.29) is 48.3 Å². The zero-order valence-corrected chi connectivity index (χ0v) is 29.9. The van der Waals surface area contributed by atoms with E-state index in [1.165, 1.54) is 38.5 Å². The molecule has 0 bridgehead atoms. The van der Waals surface area contributed by atoms with Gasteiger partial charge in [0.1, 0.15) is 12.4 Å².